The number of nitrogens with one attached hydrogen (secondary N) is 1. The van der Waals surface area contributed by atoms with Gasteiger partial charge in [0.25, 0.3) is 0 Å². The summed E-state index contributed by atoms with van der Waals surface area (Å²) in [4.78, 5) is 16.5. The summed E-state index contributed by atoms with van der Waals surface area (Å²) in [5.74, 6) is 0.529. The standard InChI is InChI=1S/C14H14N2O5S2/c17-13(8-1-4-23(18,19)7-8)16-14-15-9-5-10-11(6-12(9)22-14)21-3-2-20-10/h5-6,8H,1-4,7H2,(H,15,16,17)/t8-/m0/s1. The van der Waals surface area contributed by atoms with Gasteiger partial charge in [-0.05, 0) is 6.42 Å². The predicted molar refractivity (Wildman–Crippen MR) is 86.0 cm³/mol. The lowest BCUT2D eigenvalue weighted by Gasteiger charge is -2.17. The summed E-state index contributed by atoms with van der Waals surface area (Å²) in [5.41, 5.74) is 0.716. The molecule has 4 rings (SSSR count). The first-order valence-corrected chi connectivity index (χ1v) is 9.85. The van der Waals surface area contributed by atoms with Crippen LogP contribution in [0.15, 0.2) is 12.1 Å². The summed E-state index contributed by atoms with van der Waals surface area (Å²) < 4.78 is 34.8. The second kappa shape index (κ2) is 5.34. The molecule has 0 radical (unpaired) electrons. The number of thiazole rings is 1. The van der Waals surface area contributed by atoms with E-state index in [0.717, 1.165) is 4.70 Å². The van der Waals surface area contributed by atoms with E-state index in [2.05, 4.69) is 10.3 Å². The lowest BCUT2D eigenvalue weighted by Crippen LogP contribution is -2.23. The van der Waals surface area contributed by atoms with Gasteiger partial charge in [0, 0.05) is 12.1 Å². The van der Waals surface area contributed by atoms with Crippen molar-refractivity contribution in [1.29, 1.82) is 0 Å². The van der Waals surface area contributed by atoms with Crippen molar-refractivity contribution >= 4 is 42.4 Å². The molecule has 1 aromatic carbocycles. The Bertz CT molecular complexity index is 847. The first kappa shape index (κ1) is 14.7. The Balaban J connectivity index is 1.56. The van der Waals surface area contributed by atoms with Crippen LogP contribution in [0.25, 0.3) is 10.2 Å². The molecule has 1 amide bonds. The molecule has 3 heterocycles. The Kier molecular flexibility index (Phi) is 3.42. The van der Waals surface area contributed by atoms with Crippen molar-refractivity contribution in [3.63, 3.8) is 0 Å². The second-order valence-corrected chi connectivity index (χ2v) is 8.83. The summed E-state index contributed by atoms with van der Waals surface area (Å²) in [7, 11) is -3.08. The van der Waals surface area contributed by atoms with Crippen molar-refractivity contribution in [2.24, 2.45) is 5.92 Å². The van der Waals surface area contributed by atoms with Crippen molar-refractivity contribution in [2.45, 2.75) is 6.42 Å². The van der Waals surface area contributed by atoms with Crippen LogP contribution < -0.4 is 14.8 Å². The molecule has 2 aromatic rings. The van der Waals surface area contributed by atoms with Crippen molar-refractivity contribution < 1.29 is 22.7 Å². The van der Waals surface area contributed by atoms with Crippen LogP contribution in [0.4, 0.5) is 5.13 Å². The van der Waals surface area contributed by atoms with Gasteiger partial charge in [-0.2, -0.15) is 0 Å². The largest absolute Gasteiger partial charge is 0.486 e. The van der Waals surface area contributed by atoms with E-state index in [1.807, 2.05) is 6.07 Å². The summed E-state index contributed by atoms with van der Waals surface area (Å²) in [6.45, 7) is 1.01. The molecule has 2 aliphatic rings. The molecular formula is C14H14N2O5S2. The monoisotopic (exact) mass is 354 g/mol. The molecule has 2 aliphatic heterocycles. The van der Waals surface area contributed by atoms with Gasteiger partial charge in [0.15, 0.2) is 26.5 Å². The fourth-order valence-electron chi connectivity index (χ4n) is 2.73. The molecule has 1 aromatic heterocycles. The fraction of sp³-hybridized carbons (Fsp3) is 0.429. The van der Waals surface area contributed by atoms with Crippen molar-refractivity contribution in [1.82, 2.24) is 4.98 Å². The van der Waals surface area contributed by atoms with Crippen LogP contribution in [0.1, 0.15) is 6.42 Å². The number of fused-ring (bicyclic) bond motifs is 2. The van der Waals surface area contributed by atoms with Gasteiger partial charge < -0.3 is 14.8 Å². The number of carbonyl (C=O) groups excluding carboxylic acids is 1. The van der Waals surface area contributed by atoms with Gasteiger partial charge in [-0.25, -0.2) is 13.4 Å². The van der Waals surface area contributed by atoms with Crippen molar-refractivity contribution in [3.05, 3.63) is 12.1 Å². The zero-order valence-electron chi connectivity index (χ0n) is 12.1. The highest BCUT2D eigenvalue weighted by molar-refractivity contribution is 7.91. The molecule has 1 saturated heterocycles. The third-order valence-corrected chi connectivity index (χ3v) is 6.59. The highest BCUT2D eigenvalue weighted by Gasteiger charge is 2.33. The molecule has 23 heavy (non-hydrogen) atoms. The molecular weight excluding hydrogens is 340 g/mol. The van der Waals surface area contributed by atoms with Gasteiger partial charge in [0.05, 0.1) is 27.6 Å². The van der Waals surface area contributed by atoms with Gasteiger partial charge in [-0.15, -0.1) is 0 Å². The van der Waals surface area contributed by atoms with Crippen LogP contribution in [0.5, 0.6) is 11.5 Å². The number of anilines is 1. The van der Waals surface area contributed by atoms with E-state index in [1.165, 1.54) is 11.3 Å². The number of hydrogen-bond donors (Lipinski definition) is 1. The molecule has 0 aliphatic carbocycles. The van der Waals surface area contributed by atoms with E-state index >= 15 is 0 Å². The second-order valence-electron chi connectivity index (χ2n) is 5.57. The average molecular weight is 354 g/mol. The molecule has 1 atom stereocenters. The van der Waals surface area contributed by atoms with Crippen molar-refractivity contribution in [3.8, 4) is 11.5 Å². The minimum Gasteiger partial charge on any atom is -0.486 e. The number of nitrogens with zero attached hydrogens (tertiary/aromatic N) is 1. The zero-order valence-corrected chi connectivity index (χ0v) is 13.7. The van der Waals surface area contributed by atoms with Crippen LogP contribution in [0.2, 0.25) is 0 Å². The molecule has 0 bridgehead atoms. The maximum absolute atomic E-state index is 12.2. The summed E-state index contributed by atoms with van der Waals surface area (Å²) in [6.07, 6.45) is 0.370. The zero-order chi connectivity index (χ0) is 16.0. The van der Waals surface area contributed by atoms with Crippen LogP contribution in [-0.2, 0) is 14.6 Å². The average Bonchev–Trinajstić information content (AvgIpc) is 3.06. The van der Waals surface area contributed by atoms with E-state index in [1.54, 1.807) is 6.07 Å². The predicted octanol–water partition coefficient (Wildman–Crippen LogP) is 1.44. The number of benzene rings is 1. The highest BCUT2D eigenvalue weighted by atomic mass is 32.2. The van der Waals surface area contributed by atoms with Gasteiger partial charge in [0.1, 0.15) is 13.2 Å². The van der Waals surface area contributed by atoms with E-state index in [0.29, 0.717) is 41.8 Å². The molecule has 0 unspecified atom stereocenters. The normalized spacial score (nSPS) is 22.2. The van der Waals surface area contributed by atoms with Gasteiger partial charge in [-0.3, -0.25) is 4.79 Å². The Hall–Kier alpha value is -1.87. The SMILES string of the molecule is O=C(Nc1nc2cc3c(cc2s1)OCCO3)[C@H]1CCS(=O)(=O)C1. The number of sulfone groups is 1. The quantitative estimate of drug-likeness (QED) is 0.877. The van der Waals surface area contributed by atoms with Crippen molar-refractivity contribution in [2.75, 3.05) is 30.0 Å². The van der Waals surface area contributed by atoms with Gasteiger partial charge in [0.2, 0.25) is 5.91 Å². The van der Waals surface area contributed by atoms with E-state index in [-0.39, 0.29) is 17.4 Å². The topological polar surface area (TPSA) is 94.6 Å². The van der Waals surface area contributed by atoms with Crippen LogP contribution in [-0.4, -0.2) is 44.0 Å². The number of hydrogen-bond acceptors (Lipinski definition) is 7. The third-order valence-electron chi connectivity index (χ3n) is 3.89. The molecule has 0 saturated carbocycles. The van der Waals surface area contributed by atoms with Crippen LogP contribution in [0.3, 0.4) is 0 Å². The lowest BCUT2D eigenvalue weighted by atomic mass is 10.1. The van der Waals surface area contributed by atoms with Crippen LogP contribution in [0, 0.1) is 5.92 Å². The Labute approximate surface area is 136 Å². The first-order valence-electron chi connectivity index (χ1n) is 7.22. The molecule has 1 N–H and O–H groups in total. The fourth-order valence-corrected chi connectivity index (χ4v) is 5.35. The number of rotatable bonds is 2. The minimum atomic E-state index is -3.08. The van der Waals surface area contributed by atoms with Gasteiger partial charge in [-0.1, -0.05) is 11.3 Å². The Morgan fingerprint density at radius 2 is 2.00 bits per heavy atom. The van der Waals surface area contributed by atoms with Gasteiger partial charge >= 0.3 is 0 Å². The van der Waals surface area contributed by atoms with Crippen LogP contribution >= 0.6 is 11.3 Å². The molecule has 9 heteroatoms. The highest BCUT2D eigenvalue weighted by Crippen LogP contribution is 2.38. The van der Waals surface area contributed by atoms with E-state index < -0.39 is 15.8 Å². The first-order chi connectivity index (χ1) is 11.0. The maximum atomic E-state index is 12.2. The number of amides is 1. The number of ether oxygens (including phenoxy) is 2. The molecule has 1 fully saturated rings. The summed E-state index contributed by atoms with van der Waals surface area (Å²) in [5, 5.41) is 3.18. The maximum Gasteiger partial charge on any atom is 0.230 e. The molecule has 0 spiro atoms. The third kappa shape index (κ3) is 2.86. The molecule has 122 valence electrons. The number of carbonyl (C=O) groups is 1. The molecule has 7 nitrogen and oxygen atoms in total. The summed E-state index contributed by atoms with van der Waals surface area (Å²) >= 11 is 1.33. The number of aromatic nitrogens is 1. The van der Waals surface area contributed by atoms with E-state index in [9.17, 15) is 13.2 Å². The smallest absolute Gasteiger partial charge is 0.230 e. The summed E-state index contributed by atoms with van der Waals surface area (Å²) in [6, 6.07) is 3.63. The minimum absolute atomic E-state index is 0.0757. The Morgan fingerprint density at radius 3 is 2.70 bits per heavy atom. The Morgan fingerprint density at radius 1 is 1.26 bits per heavy atom. The van der Waals surface area contributed by atoms with E-state index in [4.69, 9.17) is 9.47 Å². The lowest BCUT2D eigenvalue weighted by molar-refractivity contribution is -0.119.